The van der Waals surface area contributed by atoms with E-state index < -0.39 is 5.54 Å². The van der Waals surface area contributed by atoms with Crippen molar-refractivity contribution in [3.05, 3.63) is 48.2 Å². The Labute approximate surface area is 160 Å². The van der Waals surface area contributed by atoms with Gasteiger partial charge in [-0.2, -0.15) is 0 Å². The quantitative estimate of drug-likeness (QED) is 0.827. The van der Waals surface area contributed by atoms with Crippen molar-refractivity contribution >= 4 is 36.4 Å². The molecule has 0 bridgehead atoms. The fourth-order valence-corrected chi connectivity index (χ4v) is 2.73. The second-order valence-electron chi connectivity index (χ2n) is 6.12. The van der Waals surface area contributed by atoms with Crippen LogP contribution in [0.2, 0.25) is 0 Å². The van der Waals surface area contributed by atoms with Gasteiger partial charge in [0.2, 0.25) is 11.8 Å². The van der Waals surface area contributed by atoms with E-state index in [0.717, 1.165) is 31.4 Å². The van der Waals surface area contributed by atoms with Crippen molar-refractivity contribution in [2.75, 3.05) is 5.32 Å². The number of benzene rings is 1. The Hall–Kier alpha value is -1.82. The molecule has 2 aromatic rings. The lowest BCUT2D eigenvalue weighted by molar-refractivity contribution is -0.121. The van der Waals surface area contributed by atoms with E-state index >= 15 is 0 Å². The maximum Gasteiger partial charge on any atom is 0.244 e. The van der Waals surface area contributed by atoms with Crippen LogP contribution in [0.25, 0.3) is 0 Å². The first kappa shape index (κ1) is 21.2. The Bertz CT molecular complexity index is 684. The van der Waals surface area contributed by atoms with Gasteiger partial charge < -0.3 is 15.8 Å². The van der Waals surface area contributed by atoms with Crippen molar-refractivity contribution in [3.63, 3.8) is 0 Å². The second-order valence-corrected chi connectivity index (χ2v) is 6.12. The highest BCUT2D eigenvalue weighted by Crippen LogP contribution is 2.28. The van der Waals surface area contributed by atoms with E-state index in [-0.39, 0.29) is 30.7 Å². The standard InChI is InChI=1S/C18H21N3O2.2ClH/c1-13-4-7-15(8-5-13)23-16-9-6-14(12-20-16)21-17(22)18(19)10-2-3-11-18;;/h4-9,12H,2-3,10-11,19H2,1H3,(H,21,22);2*1H. The summed E-state index contributed by atoms with van der Waals surface area (Å²) in [5, 5.41) is 2.84. The third-order valence-corrected chi connectivity index (χ3v) is 4.19. The molecule has 1 aliphatic carbocycles. The summed E-state index contributed by atoms with van der Waals surface area (Å²) in [6.07, 6.45) is 5.07. The van der Waals surface area contributed by atoms with Gasteiger partial charge in [-0.3, -0.25) is 4.79 Å². The number of nitrogens with one attached hydrogen (secondary N) is 1. The van der Waals surface area contributed by atoms with E-state index in [1.807, 2.05) is 31.2 Å². The van der Waals surface area contributed by atoms with E-state index in [2.05, 4.69) is 10.3 Å². The Balaban J connectivity index is 0.00000156. The van der Waals surface area contributed by atoms with Crippen LogP contribution >= 0.6 is 24.8 Å². The fourth-order valence-electron chi connectivity index (χ4n) is 2.73. The summed E-state index contributed by atoms with van der Waals surface area (Å²) in [7, 11) is 0. The van der Waals surface area contributed by atoms with Crippen molar-refractivity contribution < 1.29 is 9.53 Å². The van der Waals surface area contributed by atoms with Gasteiger partial charge >= 0.3 is 0 Å². The number of hydrogen-bond acceptors (Lipinski definition) is 4. The normalized spacial score (nSPS) is 14.8. The Morgan fingerprint density at radius 2 is 1.76 bits per heavy atom. The number of ether oxygens (including phenoxy) is 1. The summed E-state index contributed by atoms with van der Waals surface area (Å²) in [6, 6.07) is 11.2. The third-order valence-electron chi connectivity index (χ3n) is 4.19. The number of halogens is 2. The Morgan fingerprint density at radius 1 is 1.12 bits per heavy atom. The fraction of sp³-hybridized carbons (Fsp3) is 0.333. The van der Waals surface area contributed by atoms with Gasteiger partial charge in [0, 0.05) is 6.07 Å². The predicted molar refractivity (Wildman–Crippen MR) is 104 cm³/mol. The molecule has 25 heavy (non-hydrogen) atoms. The van der Waals surface area contributed by atoms with Crippen LogP contribution in [0.5, 0.6) is 11.6 Å². The molecule has 3 rings (SSSR count). The van der Waals surface area contributed by atoms with E-state index in [1.165, 1.54) is 5.56 Å². The molecule has 1 aliphatic rings. The number of carbonyl (C=O) groups excluding carboxylic acids is 1. The average molecular weight is 384 g/mol. The van der Waals surface area contributed by atoms with E-state index in [9.17, 15) is 4.79 Å². The molecule has 0 unspecified atom stereocenters. The van der Waals surface area contributed by atoms with Gasteiger partial charge in [0.1, 0.15) is 5.75 Å². The summed E-state index contributed by atoms with van der Waals surface area (Å²) in [6.45, 7) is 2.02. The number of hydrogen-bond donors (Lipinski definition) is 2. The van der Waals surface area contributed by atoms with Crippen molar-refractivity contribution in [1.82, 2.24) is 4.98 Å². The summed E-state index contributed by atoms with van der Waals surface area (Å²) >= 11 is 0. The molecule has 7 heteroatoms. The van der Waals surface area contributed by atoms with Crippen LogP contribution in [-0.4, -0.2) is 16.4 Å². The SMILES string of the molecule is Cc1ccc(Oc2ccc(NC(=O)C3(N)CCCC3)cn2)cc1.Cl.Cl. The molecule has 1 saturated carbocycles. The van der Waals surface area contributed by atoms with Crippen LogP contribution in [0.4, 0.5) is 5.69 Å². The van der Waals surface area contributed by atoms with Gasteiger partial charge in [-0.1, -0.05) is 30.5 Å². The monoisotopic (exact) mass is 383 g/mol. The molecule has 0 aliphatic heterocycles. The molecule has 136 valence electrons. The van der Waals surface area contributed by atoms with Gasteiger partial charge in [0.05, 0.1) is 17.4 Å². The number of nitrogens with two attached hydrogens (primary N) is 1. The van der Waals surface area contributed by atoms with Crippen LogP contribution in [0.3, 0.4) is 0 Å². The lowest BCUT2D eigenvalue weighted by Gasteiger charge is -2.22. The van der Waals surface area contributed by atoms with E-state index in [4.69, 9.17) is 10.5 Å². The first-order valence-electron chi connectivity index (χ1n) is 7.86. The number of aromatic nitrogens is 1. The number of nitrogens with zero attached hydrogens (tertiary/aromatic N) is 1. The van der Waals surface area contributed by atoms with Crippen molar-refractivity contribution in [2.24, 2.45) is 5.73 Å². The first-order chi connectivity index (χ1) is 11.0. The molecule has 1 aromatic heterocycles. The molecule has 1 fully saturated rings. The molecule has 5 nitrogen and oxygen atoms in total. The Kier molecular flexibility index (Phi) is 7.67. The number of pyridine rings is 1. The molecule has 0 saturated heterocycles. The highest BCUT2D eigenvalue weighted by Gasteiger charge is 2.36. The van der Waals surface area contributed by atoms with Crippen molar-refractivity contribution in [3.8, 4) is 11.6 Å². The Morgan fingerprint density at radius 3 is 2.32 bits per heavy atom. The number of amides is 1. The van der Waals surface area contributed by atoms with Crippen LogP contribution in [0, 0.1) is 6.92 Å². The zero-order valence-electron chi connectivity index (χ0n) is 14.0. The molecule has 3 N–H and O–H groups in total. The zero-order valence-corrected chi connectivity index (χ0v) is 15.7. The highest BCUT2D eigenvalue weighted by molar-refractivity contribution is 5.98. The number of anilines is 1. The predicted octanol–water partition coefficient (Wildman–Crippen LogP) is 4.24. The molecular weight excluding hydrogens is 361 g/mol. The molecule has 0 atom stereocenters. The molecular formula is C18H23Cl2N3O2. The van der Waals surface area contributed by atoms with Gasteiger partial charge in [0.15, 0.2) is 0 Å². The maximum absolute atomic E-state index is 12.2. The minimum atomic E-state index is -0.739. The van der Waals surface area contributed by atoms with Gasteiger partial charge in [-0.15, -0.1) is 24.8 Å². The molecule has 1 heterocycles. The molecule has 0 spiro atoms. The number of rotatable bonds is 4. The summed E-state index contributed by atoms with van der Waals surface area (Å²) in [5.41, 5.74) is 7.20. The number of carbonyl (C=O) groups is 1. The highest BCUT2D eigenvalue weighted by atomic mass is 35.5. The summed E-state index contributed by atoms with van der Waals surface area (Å²) < 4.78 is 5.66. The minimum absolute atomic E-state index is 0. The lowest BCUT2D eigenvalue weighted by atomic mass is 9.98. The second kappa shape index (κ2) is 9.04. The van der Waals surface area contributed by atoms with Crippen LogP contribution in [-0.2, 0) is 4.79 Å². The lowest BCUT2D eigenvalue weighted by Crippen LogP contribution is -2.48. The average Bonchev–Trinajstić information content (AvgIpc) is 3.00. The molecule has 1 aromatic carbocycles. The molecule has 1 amide bonds. The minimum Gasteiger partial charge on any atom is -0.439 e. The van der Waals surface area contributed by atoms with Gasteiger partial charge in [-0.05, 0) is 38.0 Å². The summed E-state index contributed by atoms with van der Waals surface area (Å²) in [5.74, 6) is 1.07. The maximum atomic E-state index is 12.2. The van der Waals surface area contributed by atoms with Crippen LogP contribution in [0.15, 0.2) is 42.6 Å². The van der Waals surface area contributed by atoms with Gasteiger partial charge in [-0.25, -0.2) is 4.98 Å². The first-order valence-corrected chi connectivity index (χ1v) is 7.86. The van der Waals surface area contributed by atoms with Gasteiger partial charge in [0.25, 0.3) is 0 Å². The van der Waals surface area contributed by atoms with E-state index in [0.29, 0.717) is 11.6 Å². The largest absolute Gasteiger partial charge is 0.439 e. The topological polar surface area (TPSA) is 77.2 Å². The summed E-state index contributed by atoms with van der Waals surface area (Å²) in [4.78, 5) is 16.5. The third kappa shape index (κ3) is 5.33. The van der Waals surface area contributed by atoms with E-state index in [1.54, 1.807) is 18.3 Å². The smallest absolute Gasteiger partial charge is 0.244 e. The number of aryl methyl sites for hydroxylation is 1. The van der Waals surface area contributed by atoms with Crippen LogP contribution in [0.1, 0.15) is 31.2 Å². The van der Waals surface area contributed by atoms with Crippen molar-refractivity contribution in [1.29, 1.82) is 0 Å². The van der Waals surface area contributed by atoms with Crippen LogP contribution < -0.4 is 15.8 Å². The van der Waals surface area contributed by atoms with Crippen molar-refractivity contribution in [2.45, 2.75) is 38.1 Å². The molecule has 0 radical (unpaired) electrons. The zero-order chi connectivity index (χ0) is 16.3.